The van der Waals surface area contributed by atoms with E-state index in [1.54, 1.807) is 0 Å². The summed E-state index contributed by atoms with van der Waals surface area (Å²) < 4.78 is 39.2. The second-order valence-corrected chi connectivity index (χ2v) is 5.83. The zero-order valence-electron chi connectivity index (χ0n) is 12.8. The summed E-state index contributed by atoms with van der Waals surface area (Å²) in [7, 11) is 0. The molecule has 6 nitrogen and oxygen atoms in total. The number of alkyl halides is 3. The fourth-order valence-corrected chi connectivity index (χ4v) is 2.68. The molecule has 0 saturated heterocycles. The summed E-state index contributed by atoms with van der Waals surface area (Å²) >= 11 is 0. The summed E-state index contributed by atoms with van der Waals surface area (Å²) in [6, 6.07) is 1.49. The molecular weight excluding hydrogens is 331 g/mol. The number of aliphatic carboxylic acids is 1. The van der Waals surface area contributed by atoms with Gasteiger partial charge < -0.3 is 10.2 Å². The van der Waals surface area contributed by atoms with Gasteiger partial charge in [0.15, 0.2) is 5.78 Å². The Labute approximate surface area is 134 Å². The molecule has 0 aliphatic carbocycles. The number of Topliss-reactive ketones (excluding diaryl/α,β-unsaturated/α-hetero) is 1. The average molecular weight is 345 g/mol. The molecule has 0 aromatic heterocycles. The minimum atomic E-state index is -4.73. The lowest BCUT2D eigenvalue weighted by Gasteiger charge is -2.21. The van der Waals surface area contributed by atoms with Crippen LogP contribution >= 0.6 is 0 Å². The Kier molecular flexibility index (Phi) is 4.07. The molecule has 1 aromatic carbocycles. The molecule has 0 saturated carbocycles. The maximum atomic E-state index is 13.1. The smallest absolute Gasteiger partial charge is 0.416 e. The van der Waals surface area contributed by atoms with Crippen molar-refractivity contribution in [1.82, 2.24) is 0 Å². The van der Waals surface area contributed by atoms with Crippen molar-refractivity contribution < 1.29 is 37.8 Å². The van der Waals surface area contributed by atoms with Gasteiger partial charge in [-0.15, -0.1) is 0 Å². The number of aryl methyl sites for hydroxylation is 1. The quantitative estimate of drug-likeness (QED) is 0.762. The highest BCUT2D eigenvalue weighted by Gasteiger charge is 2.47. The van der Waals surface area contributed by atoms with E-state index in [0.29, 0.717) is 11.0 Å². The number of rotatable bonds is 1. The van der Waals surface area contributed by atoms with E-state index in [-0.39, 0.29) is 17.5 Å². The zero-order valence-corrected chi connectivity index (χ0v) is 12.8. The molecule has 0 spiro atoms. The number of halogens is 3. The second kappa shape index (κ2) is 5.50. The molecule has 0 bridgehead atoms. The van der Waals surface area contributed by atoms with E-state index in [0.717, 1.165) is 19.9 Å². The van der Waals surface area contributed by atoms with Crippen LogP contribution in [0.15, 0.2) is 12.1 Å². The minimum absolute atomic E-state index is 0.283. The van der Waals surface area contributed by atoms with Gasteiger partial charge in [-0.25, -0.2) is 4.79 Å². The van der Waals surface area contributed by atoms with E-state index in [1.807, 2.05) is 0 Å². The van der Waals surface area contributed by atoms with E-state index in [2.05, 4.69) is 0 Å². The van der Waals surface area contributed by atoms with Crippen molar-refractivity contribution in [2.45, 2.75) is 26.4 Å². The topological polar surface area (TPSA) is 94.9 Å². The standard InChI is InChI=1S/C15H14F3NO5/c1-7-5-8-10(6-9(7)15(16,17)18)19(13(23)24)4-3-14(2,11(8)20)12(21)22/h5-6H,3-4H2,1-2H3,(H,21,22)(H,23,24). The summed E-state index contributed by atoms with van der Waals surface area (Å²) in [6.45, 7) is 1.86. The number of hydrogen-bond acceptors (Lipinski definition) is 3. The fraction of sp³-hybridized carbons (Fsp3) is 0.400. The Morgan fingerprint density at radius 2 is 1.83 bits per heavy atom. The number of anilines is 1. The minimum Gasteiger partial charge on any atom is -0.480 e. The number of nitrogens with zero attached hydrogens (tertiary/aromatic N) is 1. The highest BCUT2D eigenvalue weighted by molar-refractivity contribution is 6.16. The Balaban J connectivity index is 2.78. The second-order valence-electron chi connectivity index (χ2n) is 5.83. The van der Waals surface area contributed by atoms with Crippen LogP contribution in [-0.2, 0) is 11.0 Å². The number of fused-ring (bicyclic) bond motifs is 1. The molecule has 1 unspecified atom stereocenters. The lowest BCUT2D eigenvalue weighted by molar-refractivity contribution is -0.145. The van der Waals surface area contributed by atoms with Crippen LogP contribution < -0.4 is 4.90 Å². The molecule has 1 aromatic rings. The van der Waals surface area contributed by atoms with E-state index < -0.39 is 47.2 Å². The molecule has 1 amide bonds. The Hall–Kier alpha value is -2.58. The number of carbonyl (C=O) groups is 3. The van der Waals surface area contributed by atoms with Gasteiger partial charge in [0, 0.05) is 12.1 Å². The predicted octanol–water partition coefficient (Wildman–Crippen LogP) is 3.18. The van der Waals surface area contributed by atoms with Gasteiger partial charge >= 0.3 is 18.2 Å². The predicted molar refractivity (Wildman–Crippen MR) is 76.2 cm³/mol. The van der Waals surface area contributed by atoms with Gasteiger partial charge in [-0.3, -0.25) is 14.5 Å². The highest BCUT2D eigenvalue weighted by atomic mass is 19.4. The largest absolute Gasteiger partial charge is 0.480 e. The van der Waals surface area contributed by atoms with E-state index in [1.165, 1.54) is 0 Å². The van der Waals surface area contributed by atoms with Crippen LogP contribution in [-0.4, -0.2) is 34.6 Å². The van der Waals surface area contributed by atoms with Gasteiger partial charge in [0.05, 0.1) is 11.3 Å². The van der Waals surface area contributed by atoms with Crippen LogP contribution in [0.1, 0.15) is 34.8 Å². The van der Waals surface area contributed by atoms with Crippen molar-refractivity contribution in [3.05, 3.63) is 28.8 Å². The number of hydrogen-bond donors (Lipinski definition) is 2. The molecule has 130 valence electrons. The van der Waals surface area contributed by atoms with Gasteiger partial charge in [-0.2, -0.15) is 13.2 Å². The first kappa shape index (κ1) is 17.8. The lowest BCUT2D eigenvalue weighted by Crippen LogP contribution is -2.37. The van der Waals surface area contributed by atoms with Crippen molar-refractivity contribution in [3.8, 4) is 0 Å². The van der Waals surface area contributed by atoms with E-state index in [4.69, 9.17) is 0 Å². The zero-order chi connectivity index (χ0) is 18.4. The molecule has 2 N–H and O–H groups in total. The van der Waals surface area contributed by atoms with Crippen LogP contribution in [0.2, 0.25) is 0 Å². The van der Waals surface area contributed by atoms with Crippen LogP contribution in [0, 0.1) is 12.3 Å². The van der Waals surface area contributed by atoms with Crippen LogP contribution in [0.3, 0.4) is 0 Å². The summed E-state index contributed by atoms with van der Waals surface area (Å²) in [4.78, 5) is 36.0. The first-order chi connectivity index (χ1) is 10.9. The van der Waals surface area contributed by atoms with Crippen LogP contribution in [0.25, 0.3) is 0 Å². The van der Waals surface area contributed by atoms with Gasteiger partial charge in [0.2, 0.25) is 0 Å². The normalized spacial score (nSPS) is 21.2. The SMILES string of the molecule is Cc1cc2c(cc1C(F)(F)F)N(C(=O)O)CCC(C)(C(=O)O)C2=O. The summed E-state index contributed by atoms with van der Waals surface area (Å²) in [5.74, 6) is -2.37. The van der Waals surface area contributed by atoms with Crippen molar-refractivity contribution in [2.24, 2.45) is 5.41 Å². The first-order valence-corrected chi connectivity index (χ1v) is 6.90. The van der Waals surface area contributed by atoms with Crippen LogP contribution in [0.4, 0.5) is 23.7 Å². The maximum absolute atomic E-state index is 13.1. The summed E-state index contributed by atoms with van der Waals surface area (Å²) in [5.41, 5.74) is -4.06. The lowest BCUT2D eigenvalue weighted by atomic mass is 9.79. The van der Waals surface area contributed by atoms with Crippen molar-refractivity contribution in [1.29, 1.82) is 0 Å². The molecule has 24 heavy (non-hydrogen) atoms. The third-order valence-corrected chi connectivity index (χ3v) is 4.22. The molecule has 1 atom stereocenters. The number of ketones is 1. The third kappa shape index (κ3) is 2.70. The number of carboxylic acids is 1. The molecule has 1 aliphatic rings. The van der Waals surface area contributed by atoms with E-state index in [9.17, 15) is 37.8 Å². The molecule has 0 fully saturated rings. The number of amides is 1. The van der Waals surface area contributed by atoms with Crippen molar-refractivity contribution >= 4 is 23.5 Å². The van der Waals surface area contributed by atoms with Crippen LogP contribution in [0.5, 0.6) is 0 Å². The molecule has 1 aliphatic heterocycles. The Morgan fingerprint density at radius 3 is 2.29 bits per heavy atom. The van der Waals surface area contributed by atoms with Gasteiger partial charge in [-0.1, -0.05) is 0 Å². The summed E-state index contributed by atoms with van der Waals surface area (Å²) in [6.07, 6.45) is -6.63. The Bertz CT molecular complexity index is 743. The average Bonchev–Trinajstić information content (AvgIpc) is 2.55. The number of carbonyl (C=O) groups excluding carboxylic acids is 1. The van der Waals surface area contributed by atoms with Gasteiger partial charge in [0.1, 0.15) is 5.41 Å². The van der Waals surface area contributed by atoms with Crippen molar-refractivity contribution in [3.63, 3.8) is 0 Å². The molecule has 1 heterocycles. The van der Waals surface area contributed by atoms with Gasteiger partial charge in [-0.05, 0) is 38.0 Å². The molecule has 0 radical (unpaired) electrons. The third-order valence-electron chi connectivity index (χ3n) is 4.22. The first-order valence-electron chi connectivity index (χ1n) is 6.90. The van der Waals surface area contributed by atoms with Crippen molar-refractivity contribution in [2.75, 3.05) is 11.4 Å². The van der Waals surface area contributed by atoms with E-state index >= 15 is 0 Å². The fourth-order valence-electron chi connectivity index (χ4n) is 2.68. The molecular formula is C15H14F3NO5. The number of carboxylic acid groups (broad SMARTS) is 2. The maximum Gasteiger partial charge on any atom is 0.416 e. The van der Waals surface area contributed by atoms with Gasteiger partial charge in [0.25, 0.3) is 0 Å². The number of benzene rings is 1. The Morgan fingerprint density at radius 1 is 1.25 bits per heavy atom. The summed E-state index contributed by atoms with van der Waals surface area (Å²) in [5, 5.41) is 18.6. The monoisotopic (exact) mass is 345 g/mol. The molecule has 2 rings (SSSR count). The highest BCUT2D eigenvalue weighted by Crippen LogP contribution is 2.41. The molecule has 9 heteroatoms.